The van der Waals surface area contributed by atoms with E-state index in [-0.39, 0.29) is 30.1 Å². The molecule has 0 radical (unpaired) electrons. The van der Waals surface area contributed by atoms with Crippen molar-refractivity contribution in [1.82, 2.24) is 10.6 Å². The minimum absolute atomic E-state index is 0. The first kappa shape index (κ1) is 25.1. The summed E-state index contributed by atoms with van der Waals surface area (Å²) in [6, 6.07) is 8.74. The van der Waals surface area contributed by atoms with Crippen molar-refractivity contribution in [1.29, 1.82) is 0 Å². The van der Waals surface area contributed by atoms with Crippen molar-refractivity contribution in [3.05, 3.63) is 35.4 Å². The van der Waals surface area contributed by atoms with Gasteiger partial charge in [0.05, 0.1) is 32.5 Å². The van der Waals surface area contributed by atoms with Gasteiger partial charge in [-0.2, -0.15) is 0 Å². The zero-order valence-electron chi connectivity index (χ0n) is 17.2. The van der Waals surface area contributed by atoms with Gasteiger partial charge in [0.25, 0.3) is 0 Å². The second kappa shape index (κ2) is 15.0. The molecule has 2 rings (SSSR count). The molecule has 1 fully saturated rings. The van der Waals surface area contributed by atoms with Crippen LogP contribution in [0.15, 0.2) is 29.3 Å². The van der Waals surface area contributed by atoms with E-state index in [4.69, 9.17) is 14.5 Å². The molecular weight excluding hydrogens is 469 g/mol. The molecule has 28 heavy (non-hydrogen) atoms. The Morgan fingerprint density at radius 2 is 1.82 bits per heavy atom. The van der Waals surface area contributed by atoms with Crippen LogP contribution in [0, 0.1) is 0 Å². The number of aliphatic hydroxyl groups is 1. The van der Waals surface area contributed by atoms with Crippen LogP contribution >= 0.6 is 24.0 Å². The van der Waals surface area contributed by atoms with Crippen LogP contribution in [0.4, 0.5) is 0 Å². The van der Waals surface area contributed by atoms with Crippen LogP contribution in [0.25, 0.3) is 0 Å². The minimum atomic E-state index is -0.138. The monoisotopic (exact) mass is 505 g/mol. The fraction of sp³-hybridized carbons (Fsp3) is 0.667. The zero-order valence-corrected chi connectivity index (χ0v) is 19.5. The van der Waals surface area contributed by atoms with E-state index in [2.05, 4.69) is 41.8 Å². The van der Waals surface area contributed by atoms with Gasteiger partial charge in [-0.3, -0.25) is 0 Å². The fourth-order valence-corrected chi connectivity index (χ4v) is 3.17. The third-order valence-electron chi connectivity index (χ3n) is 4.64. The fourth-order valence-electron chi connectivity index (χ4n) is 3.17. The van der Waals surface area contributed by atoms with Crippen molar-refractivity contribution in [2.75, 3.05) is 26.4 Å². The molecule has 6 nitrogen and oxygen atoms in total. The standard InChI is InChI=1S/C21H35N3O3.HI/c1-3-22-21(24-19-8-10-20(25)11-9-19)23-15-17-6-5-7-18(14-17)16-27-13-12-26-4-2;/h5-7,14,19-20,25H,3-4,8-13,15-16H2,1-2H3,(H2,22,23,24);1H. The van der Waals surface area contributed by atoms with Gasteiger partial charge in [-0.05, 0) is 50.7 Å². The molecule has 0 spiro atoms. The predicted molar refractivity (Wildman–Crippen MR) is 124 cm³/mol. The maximum atomic E-state index is 9.66. The van der Waals surface area contributed by atoms with Gasteiger partial charge in [-0.1, -0.05) is 24.3 Å². The molecule has 0 saturated heterocycles. The Morgan fingerprint density at radius 1 is 1.11 bits per heavy atom. The van der Waals surface area contributed by atoms with Gasteiger partial charge in [0.1, 0.15) is 0 Å². The summed E-state index contributed by atoms with van der Waals surface area (Å²) in [4.78, 5) is 4.73. The van der Waals surface area contributed by atoms with Crippen LogP contribution < -0.4 is 10.6 Å². The lowest BCUT2D eigenvalue weighted by atomic mass is 9.93. The first-order valence-electron chi connectivity index (χ1n) is 10.2. The molecule has 160 valence electrons. The summed E-state index contributed by atoms with van der Waals surface area (Å²) in [5, 5.41) is 16.5. The third kappa shape index (κ3) is 10.0. The van der Waals surface area contributed by atoms with E-state index in [9.17, 15) is 5.11 Å². The van der Waals surface area contributed by atoms with Gasteiger partial charge in [-0.15, -0.1) is 24.0 Å². The molecule has 1 saturated carbocycles. The van der Waals surface area contributed by atoms with Crippen LogP contribution in [0.2, 0.25) is 0 Å². The van der Waals surface area contributed by atoms with Crippen molar-refractivity contribution >= 4 is 29.9 Å². The van der Waals surface area contributed by atoms with E-state index in [0.717, 1.165) is 55.9 Å². The lowest BCUT2D eigenvalue weighted by Crippen LogP contribution is -2.45. The molecule has 0 bridgehead atoms. The Labute approximate surface area is 186 Å². The minimum Gasteiger partial charge on any atom is -0.393 e. The molecule has 0 atom stereocenters. The van der Waals surface area contributed by atoms with Gasteiger partial charge >= 0.3 is 0 Å². The highest BCUT2D eigenvalue weighted by atomic mass is 127. The molecular formula is C21H36IN3O3. The van der Waals surface area contributed by atoms with Crippen molar-refractivity contribution < 1.29 is 14.6 Å². The number of aliphatic hydroxyl groups excluding tert-OH is 1. The van der Waals surface area contributed by atoms with Gasteiger partial charge in [0.15, 0.2) is 5.96 Å². The van der Waals surface area contributed by atoms with Crippen LogP contribution in [0.3, 0.4) is 0 Å². The molecule has 0 unspecified atom stereocenters. The number of halogens is 1. The highest BCUT2D eigenvalue weighted by molar-refractivity contribution is 14.0. The van der Waals surface area contributed by atoms with E-state index in [1.165, 1.54) is 0 Å². The molecule has 0 amide bonds. The Kier molecular flexibility index (Phi) is 13.5. The Hall–Kier alpha value is -0.900. The summed E-state index contributed by atoms with van der Waals surface area (Å²) < 4.78 is 10.9. The number of benzene rings is 1. The van der Waals surface area contributed by atoms with Crippen LogP contribution in [-0.4, -0.2) is 49.6 Å². The van der Waals surface area contributed by atoms with Crippen LogP contribution in [0.1, 0.15) is 50.7 Å². The molecule has 1 aromatic carbocycles. The molecule has 0 aliphatic heterocycles. The van der Waals surface area contributed by atoms with Crippen LogP contribution in [-0.2, 0) is 22.6 Å². The molecule has 1 aromatic rings. The summed E-state index contributed by atoms with van der Waals surface area (Å²) in [5.74, 6) is 0.845. The maximum absolute atomic E-state index is 9.66. The number of hydrogen-bond donors (Lipinski definition) is 3. The number of nitrogens with zero attached hydrogens (tertiary/aromatic N) is 1. The van der Waals surface area contributed by atoms with Crippen molar-refractivity contribution in [3.63, 3.8) is 0 Å². The predicted octanol–water partition coefficient (Wildman–Crippen LogP) is 3.22. The number of ether oxygens (including phenoxy) is 2. The van der Waals surface area contributed by atoms with Crippen LogP contribution in [0.5, 0.6) is 0 Å². The Balaban J connectivity index is 0.00000392. The van der Waals surface area contributed by atoms with Gasteiger partial charge in [-0.25, -0.2) is 4.99 Å². The van der Waals surface area contributed by atoms with E-state index in [1.807, 2.05) is 6.92 Å². The van der Waals surface area contributed by atoms with E-state index >= 15 is 0 Å². The quantitative estimate of drug-likeness (QED) is 0.197. The number of aliphatic imine (C=N–C) groups is 1. The average molecular weight is 505 g/mol. The zero-order chi connectivity index (χ0) is 19.3. The number of hydrogen-bond acceptors (Lipinski definition) is 4. The highest BCUT2D eigenvalue weighted by Crippen LogP contribution is 2.18. The molecule has 1 aliphatic carbocycles. The summed E-state index contributed by atoms with van der Waals surface area (Å²) in [5.41, 5.74) is 2.32. The third-order valence-corrected chi connectivity index (χ3v) is 4.64. The molecule has 7 heteroatoms. The second-order valence-corrected chi connectivity index (χ2v) is 6.91. The second-order valence-electron chi connectivity index (χ2n) is 6.91. The van der Waals surface area contributed by atoms with Crippen molar-refractivity contribution in [2.24, 2.45) is 4.99 Å². The van der Waals surface area contributed by atoms with Gasteiger partial charge in [0, 0.05) is 19.2 Å². The normalized spacial score (nSPS) is 19.8. The molecule has 1 aliphatic rings. The lowest BCUT2D eigenvalue weighted by Gasteiger charge is -2.27. The average Bonchev–Trinajstić information content (AvgIpc) is 2.68. The topological polar surface area (TPSA) is 75.1 Å². The molecule has 0 aromatic heterocycles. The summed E-state index contributed by atoms with van der Waals surface area (Å²) in [7, 11) is 0. The van der Waals surface area contributed by atoms with E-state index < -0.39 is 0 Å². The largest absolute Gasteiger partial charge is 0.393 e. The van der Waals surface area contributed by atoms with Crippen molar-refractivity contribution in [3.8, 4) is 0 Å². The van der Waals surface area contributed by atoms with Gasteiger partial charge < -0.3 is 25.2 Å². The van der Waals surface area contributed by atoms with E-state index in [1.54, 1.807) is 0 Å². The lowest BCUT2D eigenvalue weighted by molar-refractivity contribution is 0.0453. The smallest absolute Gasteiger partial charge is 0.191 e. The summed E-state index contributed by atoms with van der Waals surface area (Å²) >= 11 is 0. The first-order chi connectivity index (χ1) is 13.2. The maximum Gasteiger partial charge on any atom is 0.191 e. The molecule has 3 N–H and O–H groups in total. The summed E-state index contributed by atoms with van der Waals surface area (Å²) in [6.45, 7) is 8.07. The Bertz CT molecular complexity index is 564. The SMILES string of the molecule is CCNC(=NCc1cccc(COCCOCC)c1)NC1CCC(O)CC1.I. The number of rotatable bonds is 10. The molecule has 0 heterocycles. The Morgan fingerprint density at radius 3 is 2.54 bits per heavy atom. The number of guanidine groups is 1. The first-order valence-corrected chi connectivity index (χ1v) is 10.2. The van der Waals surface area contributed by atoms with E-state index in [0.29, 0.717) is 32.4 Å². The van der Waals surface area contributed by atoms with Gasteiger partial charge in [0.2, 0.25) is 0 Å². The summed E-state index contributed by atoms with van der Waals surface area (Å²) in [6.07, 6.45) is 3.56. The highest BCUT2D eigenvalue weighted by Gasteiger charge is 2.19. The van der Waals surface area contributed by atoms with Crippen molar-refractivity contribution in [2.45, 2.75) is 64.8 Å². The number of nitrogens with one attached hydrogen (secondary N) is 2.